The van der Waals surface area contributed by atoms with Gasteiger partial charge in [0.05, 0.1) is 13.2 Å². The van der Waals surface area contributed by atoms with Gasteiger partial charge in [-0.1, -0.05) is 12.7 Å². The highest BCUT2D eigenvalue weighted by Crippen LogP contribution is 2.11. The summed E-state index contributed by atoms with van der Waals surface area (Å²) < 4.78 is 36.0. The van der Waals surface area contributed by atoms with Crippen LogP contribution in [0.1, 0.15) is 25.8 Å². The maximum atomic E-state index is 12.3. The fourth-order valence-electron chi connectivity index (χ4n) is 1.99. The van der Waals surface area contributed by atoms with Gasteiger partial charge in [-0.05, 0) is 68.6 Å². The topological polar surface area (TPSA) is 145 Å². The summed E-state index contributed by atoms with van der Waals surface area (Å²) in [6.45, 7) is 6.62. The molecule has 1 heterocycles. The normalized spacial score (nSPS) is 11.7. The van der Waals surface area contributed by atoms with Gasteiger partial charge in [0, 0.05) is 26.2 Å². The lowest BCUT2D eigenvalue weighted by Gasteiger charge is -2.04. The van der Waals surface area contributed by atoms with Crippen LogP contribution in [-0.2, 0) is 20.9 Å². The molecule has 0 fully saturated rings. The van der Waals surface area contributed by atoms with Crippen LogP contribution in [0.2, 0.25) is 0 Å². The smallest absolute Gasteiger partial charge is 0.386 e. The molecule has 1 amide bonds. The zero-order valence-corrected chi connectivity index (χ0v) is 22.1. The number of ether oxygens (including phenoxy) is 1. The van der Waals surface area contributed by atoms with Crippen LogP contribution in [0, 0.1) is 0 Å². The zero-order valence-electron chi connectivity index (χ0n) is 22.1. The van der Waals surface area contributed by atoms with Gasteiger partial charge < -0.3 is 31.6 Å². The average Bonchev–Trinajstić information content (AvgIpc) is 2.84. The highest BCUT2D eigenvalue weighted by Gasteiger charge is 2.15. The van der Waals surface area contributed by atoms with E-state index in [-0.39, 0.29) is 24.6 Å². The molecule has 12 heteroatoms. The van der Waals surface area contributed by atoms with Gasteiger partial charge in [-0.3, -0.25) is 4.79 Å². The number of amides is 1. The summed E-state index contributed by atoms with van der Waals surface area (Å²) in [5.41, 5.74) is 14.6. The molecule has 1 aromatic rings. The number of aldehydes is 1. The third-order valence-electron chi connectivity index (χ3n) is 3.56. The van der Waals surface area contributed by atoms with Crippen LogP contribution in [0.5, 0.6) is 0 Å². The average molecular weight is 539 g/mol. The molecule has 0 aromatic carbocycles. The van der Waals surface area contributed by atoms with E-state index in [1.54, 1.807) is 38.5 Å². The molecule has 38 heavy (non-hydrogen) atoms. The maximum absolute atomic E-state index is 12.3. The number of nitrogens with two attached hydrogens (primary N) is 2. The molecule has 0 spiro atoms. The molecule has 0 saturated carbocycles. The Bertz CT molecular complexity index is 990. The minimum absolute atomic E-state index is 0.188. The monoisotopic (exact) mass is 538 g/mol. The molecule has 0 radical (unpaired) electrons. The molecule has 210 valence electrons. The molecule has 0 aliphatic heterocycles. The predicted octanol–water partition coefficient (Wildman–Crippen LogP) is 3.38. The van der Waals surface area contributed by atoms with Gasteiger partial charge >= 0.3 is 6.18 Å². The summed E-state index contributed by atoms with van der Waals surface area (Å²) in [6, 6.07) is 3.40. The van der Waals surface area contributed by atoms with E-state index in [4.69, 9.17) is 16.2 Å². The summed E-state index contributed by atoms with van der Waals surface area (Å²) in [4.78, 5) is 30.2. The van der Waals surface area contributed by atoms with Gasteiger partial charge in [0.1, 0.15) is 17.8 Å². The van der Waals surface area contributed by atoms with Crippen LogP contribution in [0.4, 0.5) is 19.0 Å². The third kappa shape index (κ3) is 25.1. The van der Waals surface area contributed by atoms with Crippen molar-refractivity contribution in [2.75, 3.05) is 20.7 Å². The molecule has 0 aliphatic carbocycles. The number of rotatable bonds is 12. The molecular formula is C26H37F3N6O3. The number of pyridine rings is 1. The lowest BCUT2D eigenvalue weighted by Crippen LogP contribution is -2.30. The van der Waals surface area contributed by atoms with Crippen LogP contribution >= 0.6 is 0 Å². The maximum Gasteiger partial charge on any atom is 0.386 e. The van der Waals surface area contributed by atoms with Crippen molar-refractivity contribution in [3.63, 3.8) is 0 Å². The van der Waals surface area contributed by atoms with E-state index in [9.17, 15) is 22.8 Å². The van der Waals surface area contributed by atoms with Crippen molar-refractivity contribution in [3.05, 3.63) is 78.5 Å². The van der Waals surface area contributed by atoms with Crippen molar-refractivity contribution >= 4 is 23.7 Å². The number of hydrogen-bond donors (Lipinski definition) is 4. The number of methoxy groups -OCH3 is 1. The van der Waals surface area contributed by atoms with Gasteiger partial charge in [0.25, 0.3) is 5.91 Å². The zero-order chi connectivity index (χ0) is 29.4. The van der Waals surface area contributed by atoms with Gasteiger partial charge in [0.2, 0.25) is 0 Å². The van der Waals surface area contributed by atoms with E-state index in [1.807, 2.05) is 25.3 Å². The number of allylic oxidation sites excluding steroid dienone is 2. The lowest BCUT2D eigenvalue weighted by molar-refractivity contribution is -0.114. The molecule has 0 saturated heterocycles. The molecule has 1 atom stereocenters. The first-order chi connectivity index (χ1) is 17.9. The highest BCUT2D eigenvalue weighted by atomic mass is 19.4. The number of aromatic nitrogens is 1. The Morgan fingerprint density at radius 2 is 2.00 bits per heavy atom. The summed E-state index contributed by atoms with van der Waals surface area (Å²) in [7, 11) is 3.41. The van der Waals surface area contributed by atoms with Crippen molar-refractivity contribution in [1.82, 2.24) is 15.6 Å². The van der Waals surface area contributed by atoms with E-state index < -0.39 is 6.18 Å². The summed E-state index contributed by atoms with van der Waals surface area (Å²) >= 11 is 0. The third-order valence-corrected chi connectivity index (χ3v) is 3.56. The Morgan fingerprint density at radius 1 is 1.37 bits per heavy atom. The first-order valence-corrected chi connectivity index (χ1v) is 11.3. The number of aliphatic imine (C=N–C) groups is 1. The number of hydrogen-bond acceptors (Lipinski definition) is 8. The van der Waals surface area contributed by atoms with Crippen molar-refractivity contribution in [1.29, 1.82) is 0 Å². The van der Waals surface area contributed by atoms with Crippen LogP contribution in [0.15, 0.2) is 78.0 Å². The van der Waals surface area contributed by atoms with Crippen LogP contribution < -0.4 is 22.1 Å². The summed E-state index contributed by atoms with van der Waals surface area (Å²) in [5, 5.41) is 5.85. The largest absolute Gasteiger partial charge is 0.497 e. The van der Waals surface area contributed by atoms with Crippen LogP contribution in [-0.4, -0.2) is 55.8 Å². The predicted molar refractivity (Wildman–Crippen MR) is 144 cm³/mol. The van der Waals surface area contributed by atoms with E-state index in [2.05, 4.69) is 32.9 Å². The number of nitrogens with zero attached hydrogens (tertiary/aromatic N) is 2. The fourth-order valence-corrected chi connectivity index (χ4v) is 1.99. The SMILES string of the molecule is C=C(/C=C\C=C=CCCNC(=O)C(/C=C\N)=Nc1cc(CNC)ccn1)OC.CC(F)(F)F.C[C@H](N)C=O. The van der Waals surface area contributed by atoms with Crippen molar-refractivity contribution in [2.24, 2.45) is 16.5 Å². The van der Waals surface area contributed by atoms with Gasteiger partial charge in [-0.2, -0.15) is 13.2 Å². The summed E-state index contributed by atoms with van der Waals surface area (Å²) in [6.07, 6.45) is 8.75. The second kappa shape index (κ2) is 22.2. The minimum Gasteiger partial charge on any atom is -0.497 e. The molecular weight excluding hydrogens is 501 g/mol. The molecule has 1 rings (SSSR count). The Kier molecular flexibility index (Phi) is 21.2. The molecule has 1 aromatic heterocycles. The Hall–Kier alpha value is -3.99. The Balaban J connectivity index is 0. The first-order valence-electron chi connectivity index (χ1n) is 11.3. The lowest BCUT2D eigenvalue weighted by atomic mass is 10.2. The Morgan fingerprint density at radius 3 is 2.53 bits per heavy atom. The van der Waals surface area contributed by atoms with E-state index in [1.165, 1.54) is 12.3 Å². The number of nitrogens with one attached hydrogen (secondary N) is 2. The van der Waals surface area contributed by atoms with Gasteiger partial charge in [-0.15, -0.1) is 5.73 Å². The number of alkyl halides is 3. The fraction of sp³-hybridized carbons (Fsp3) is 0.346. The number of carbonyl (C=O) groups excluding carboxylic acids is 2. The van der Waals surface area contributed by atoms with Crippen molar-refractivity contribution in [3.8, 4) is 0 Å². The van der Waals surface area contributed by atoms with Gasteiger partial charge in [-0.25, -0.2) is 9.98 Å². The Labute approximate surface area is 221 Å². The number of carbonyl (C=O) groups is 2. The van der Waals surface area contributed by atoms with Crippen LogP contribution in [0.3, 0.4) is 0 Å². The van der Waals surface area contributed by atoms with E-state index >= 15 is 0 Å². The first kappa shape index (κ1) is 36.2. The van der Waals surface area contributed by atoms with Gasteiger partial charge in [0.15, 0.2) is 5.82 Å². The van der Waals surface area contributed by atoms with Crippen molar-refractivity contribution in [2.45, 2.75) is 39.0 Å². The molecule has 9 nitrogen and oxygen atoms in total. The van der Waals surface area contributed by atoms with Crippen LogP contribution in [0.25, 0.3) is 0 Å². The number of halogens is 3. The molecule has 6 N–H and O–H groups in total. The molecule has 0 unspecified atom stereocenters. The molecule has 0 aliphatic rings. The quantitative estimate of drug-likeness (QED) is 0.0797. The second-order valence-corrected chi connectivity index (χ2v) is 7.30. The van der Waals surface area contributed by atoms with E-state index in [0.29, 0.717) is 37.4 Å². The minimum atomic E-state index is -4.00. The second-order valence-electron chi connectivity index (χ2n) is 7.30. The highest BCUT2D eigenvalue weighted by molar-refractivity contribution is 6.43. The summed E-state index contributed by atoms with van der Waals surface area (Å²) in [5.74, 6) is 0.690. The standard InChI is InChI=1S/C21H27N5O2.C3H7NO.C2H3F3/c1-17(28-3)9-7-5-4-6-8-13-25-21(27)19(10-12-22)26-20-15-18(16-23-2)11-14-24-20;1-3(4)2-5;1-2(3,4)5/h5-7,9-12,14-15,23H,1,8,13,16,22H2,2-3H3,(H,25,27);2-3H,4H2,1H3;1H3/b9-7-,12-10-,26-19?;;/t;3-;/m.0./s1. The van der Waals surface area contributed by atoms with Crippen molar-refractivity contribution < 1.29 is 27.5 Å². The molecule has 0 bridgehead atoms. The van der Waals surface area contributed by atoms with E-state index in [0.717, 1.165) is 5.56 Å².